The Morgan fingerprint density at radius 2 is 1.92 bits per heavy atom. The van der Waals surface area contributed by atoms with Gasteiger partial charge in [-0.15, -0.1) is 0 Å². The van der Waals surface area contributed by atoms with Gasteiger partial charge >= 0.3 is 5.97 Å². The number of hydrogen-bond acceptors (Lipinski definition) is 2. The van der Waals surface area contributed by atoms with Gasteiger partial charge in [-0.3, -0.25) is 0 Å². The van der Waals surface area contributed by atoms with Crippen molar-refractivity contribution in [3.8, 4) is 0 Å². The van der Waals surface area contributed by atoms with Crippen LogP contribution in [0.4, 0.5) is 0 Å². The van der Waals surface area contributed by atoms with Gasteiger partial charge in [0.05, 0.1) is 12.2 Å². The molecule has 0 aromatic carbocycles. The van der Waals surface area contributed by atoms with E-state index in [1.54, 1.807) is 13.0 Å². The van der Waals surface area contributed by atoms with E-state index in [0.29, 0.717) is 12.2 Å². The van der Waals surface area contributed by atoms with E-state index >= 15 is 0 Å². The molecule has 0 saturated carbocycles. The number of hydrogen-bond donors (Lipinski definition) is 0. The highest BCUT2D eigenvalue weighted by molar-refractivity contribution is 5.91. The monoisotopic (exact) mass is 182 g/mol. The highest BCUT2D eigenvalue weighted by atomic mass is 16.5. The Labute approximate surface area is 80.6 Å². The standard InChI is InChI=1S/C9H12O2.C2H6/c1-4-7-8(5-2)9(10)11-6-3;1-2/h4-5,7H,1-2,6H2,3H3;1-2H3/b8-7+;. The predicted octanol–water partition coefficient (Wildman–Crippen LogP) is 2.87. The molecule has 0 aliphatic heterocycles. The lowest BCUT2D eigenvalue weighted by Crippen LogP contribution is -2.05. The second-order valence-electron chi connectivity index (χ2n) is 1.78. The minimum absolute atomic E-state index is 0.359. The van der Waals surface area contributed by atoms with Gasteiger partial charge in [-0.05, 0) is 13.0 Å². The maximum absolute atomic E-state index is 11.0. The van der Waals surface area contributed by atoms with E-state index in [1.165, 1.54) is 12.2 Å². The summed E-state index contributed by atoms with van der Waals surface area (Å²) in [5.41, 5.74) is 0.432. The molecule has 0 aliphatic rings. The first-order valence-electron chi connectivity index (χ1n) is 4.38. The van der Waals surface area contributed by atoms with Gasteiger partial charge in [0.2, 0.25) is 0 Å². The lowest BCUT2D eigenvalue weighted by atomic mass is 10.2. The normalized spacial score (nSPS) is 9.31. The average Bonchev–Trinajstić information content (AvgIpc) is 2.17. The number of carbonyl (C=O) groups is 1. The Hall–Kier alpha value is -1.31. The SMILES string of the molecule is C=C/C=C(\C=C)C(=O)OCC.CC. The van der Waals surface area contributed by atoms with Crippen LogP contribution < -0.4 is 0 Å². The van der Waals surface area contributed by atoms with Crippen molar-refractivity contribution in [2.24, 2.45) is 0 Å². The molecule has 0 saturated heterocycles. The van der Waals surface area contributed by atoms with Crippen LogP contribution in [0.5, 0.6) is 0 Å². The fourth-order valence-corrected chi connectivity index (χ4v) is 0.561. The van der Waals surface area contributed by atoms with E-state index in [9.17, 15) is 4.79 Å². The molecule has 0 amide bonds. The van der Waals surface area contributed by atoms with Crippen molar-refractivity contribution >= 4 is 5.97 Å². The smallest absolute Gasteiger partial charge is 0.338 e. The van der Waals surface area contributed by atoms with Gasteiger partial charge in [0, 0.05) is 0 Å². The zero-order valence-corrected chi connectivity index (χ0v) is 8.67. The Morgan fingerprint density at radius 3 is 2.23 bits per heavy atom. The van der Waals surface area contributed by atoms with Crippen molar-refractivity contribution in [2.45, 2.75) is 20.8 Å². The third kappa shape index (κ3) is 7.06. The molecule has 0 radical (unpaired) electrons. The van der Waals surface area contributed by atoms with Crippen molar-refractivity contribution < 1.29 is 9.53 Å². The Morgan fingerprint density at radius 1 is 1.38 bits per heavy atom. The molecule has 0 unspecified atom stereocenters. The van der Waals surface area contributed by atoms with Crippen LogP contribution in [0.2, 0.25) is 0 Å². The van der Waals surface area contributed by atoms with Crippen molar-refractivity contribution in [1.29, 1.82) is 0 Å². The average molecular weight is 182 g/mol. The van der Waals surface area contributed by atoms with Gasteiger partial charge in [0.25, 0.3) is 0 Å². The molecule has 0 aromatic heterocycles. The topological polar surface area (TPSA) is 26.3 Å². The van der Waals surface area contributed by atoms with Crippen LogP contribution in [0.15, 0.2) is 37.0 Å². The summed E-state index contributed by atoms with van der Waals surface area (Å²) in [6, 6.07) is 0. The molecule has 2 heteroatoms. The van der Waals surface area contributed by atoms with Crippen LogP contribution >= 0.6 is 0 Å². The first kappa shape index (κ1) is 14.2. The molecular formula is C11H18O2. The summed E-state index contributed by atoms with van der Waals surface area (Å²) in [4.78, 5) is 11.0. The highest BCUT2D eigenvalue weighted by Crippen LogP contribution is 1.98. The van der Waals surface area contributed by atoms with E-state index in [4.69, 9.17) is 4.74 Å². The predicted molar refractivity (Wildman–Crippen MR) is 56.5 cm³/mol. The number of carbonyl (C=O) groups excluding carboxylic acids is 1. The lowest BCUT2D eigenvalue weighted by molar-refractivity contribution is -0.138. The van der Waals surface area contributed by atoms with Crippen molar-refractivity contribution in [3.63, 3.8) is 0 Å². The number of allylic oxidation sites excluding steroid dienone is 2. The summed E-state index contributed by atoms with van der Waals surface area (Å²) in [6.45, 7) is 13.1. The van der Waals surface area contributed by atoms with E-state index in [2.05, 4.69) is 13.2 Å². The van der Waals surface area contributed by atoms with Gasteiger partial charge in [-0.1, -0.05) is 39.2 Å². The summed E-state index contributed by atoms with van der Waals surface area (Å²) in [6.07, 6.45) is 4.53. The summed E-state index contributed by atoms with van der Waals surface area (Å²) < 4.78 is 4.72. The van der Waals surface area contributed by atoms with Crippen molar-refractivity contribution in [3.05, 3.63) is 37.0 Å². The molecule has 0 spiro atoms. The Kier molecular flexibility index (Phi) is 11.7. The van der Waals surface area contributed by atoms with Crippen LogP contribution in [-0.4, -0.2) is 12.6 Å². The summed E-state index contributed by atoms with van der Waals surface area (Å²) in [5, 5.41) is 0. The van der Waals surface area contributed by atoms with E-state index in [1.807, 2.05) is 13.8 Å². The zero-order chi connectivity index (χ0) is 10.7. The van der Waals surface area contributed by atoms with E-state index < -0.39 is 0 Å². The zero-order valence-electron chi connectivity index (χ0n) is 8.67. The third-order valence-electron chi connectivity index (χ3n) is 1.03. The molecule has 0 atom stereocenters. The van der Waals surface area contributed by atoms with Crippen LogP contribution in [-0.2, 0) is 9.53 Å². The Balaban J connectivity index is 0. The molecule has 74 valence electrons. The first-order chi connectivity index (χ1) is 6.26. The van der Waals surface area contributed by atoms with E-state index in [0.717, 1.165) is 0 Å². The molecule has 0 aliphatic carbocycles. The summed E-state index contributed by atoms with van der Waals surface area (Å²) in [7, 11) is 0. The van der Waals surface area contributed by atoms with Gasteiger partial charge < -0.3 is 4.74 Å². The lowest BCUT2D eigenvalue weighted by Gasteiger charge is -1.99. The largest absolute Gasteiger partial charge is 0.462 e. The summed E-state index contributed by atoms with van der Waals surface area (Å²) >= 11 is 0. The molecule has 0 fully saturated rings. The van der Waals surface area contributed by atoms with Crippen LogP contribution in [0.3, 0.4) is 0 Å². The van der Waals surface area contributed by atoms with Crippen LogP contribution in [0, 0.1) is 0 Å². The minimum Gasteiger partial charge on any atom is -0.462 e. The number of rotatable bonds is 4. The van der Waals surface area contributed by atoms with Gasteiger partial charge in [0.15, 0.2) is 0 Å². The third-order valence-corrected chi connectivity index (χ3v) is 1.03. The van der Waals surface area contributed by atoms with Gasteiger partial charge in [-0.25, -0.2) is 4.79 Å². The maximum Gasteiger partial charge on any atom is 0.338 e. The van der Waals surface area contributed by atoms with Crippen LogP contribution in [0.1, 0.15) is 20.8 Å². The quantitative estimate of drug-likeness (QED) is 0.379. The fraction of sp³-hybridized carbons (Fsp3) is 0.364. The van der Waals surface area contributed by atoms with Crippen molar-refractivity contribution in [2.75, 3.05) is 6.61 Å². The molecule has 0 bridgehead atoms. The van der Waals surface area contributed by atoms with E-state index in [-0.39, 0.29) is 5.97 Å². The molecule has 0 N–H and O–H groups in total. The van der Waals surface area contributed by atoms with Gasteiger partial charge in [-0.2, -0.15) is 0 Å². The first-order valence-corrected chi connectivity index (χ1v) is 4.38. The number of ether oxygens (including phenoxy) is 1. The maximum atomic E-state index is 11.0. The minimum atomic E-state index is -0.359. The second-order valence-corrected chi connectivity index (χ2v) is 1.78. The molecule has 0 rings (SSSR count). The Bertz CT molecular complexity index is 190. The second kappa shape index (κ2) is 10.7. The number of esters is 1. The molecule has 0 heterocycles. The van der Waals surface area contributed by atoms with Crippen molar-refractivity contribution in [1.82, 2.24) is 0 Å². The fourth-order valence-electron chi connectivity index (χ4n) is 0.561. The van der Waals surface area contributed by atoms with Gasteiger partial charge in [0.1, 0.15) is 0 Å². The highest BCUT2D eigenvalue weighted by Gasteiger charge is 2.03. The van der Waals surface area contributed by atoms with Crippen LogP contribution in [0.25, 0.3) is 0 Å². The molecule has 13 heavy (non-hydrogen) atoms. The molecular weight excluding hydrogens is 164 g/mol. The molecule has 0 aromatic rings. The molecule has 2 nitrogen and oxygen atoms in total. The summed E-state index contributed by atoms with van der Waals surface area (Å²) in [5.74, 6) is -0.359.